The summed E-state index contributed by atoms with van der Waals surface area (Å²) in [6.45, 7) is 50.9. The fourth-order valence-electron chi connectivity index (χ4n) is 7.47. The molecular weight excluding hydrogens is 892 g/mol. The Labute approximate surface area is 399 Å². The van der Waals surface area contributed by atoms with Gasteiger partial charge in [-0.2, -0.15) is 0 Å². The van der Waals surface area contributed by atoms with Crippen LogP contribution >= 0.6 is 0 Å². The van der Waals surface area contributed by atoms with Gasteiger partial charge in [-0.1, -0.05) is 55.4 Å². The normalized spacial score (nSPS) is 17.8. The minimum absolute atomic E-state index is 0.0128. The molecule has 0 bridgehead atoms. The second-order valence-corrected chi connectivity index (χ2v) is 40.3. The van der Waals surface area contributed by atoms with Crippen molar-refractivity contribution >= 4 is 44.4 Å². The number of rotatable bonds is 25. The quantitative estimate of drug-likeness (QED) is 0.0564. The van der Waals surface area contributed by atoms with E-state index in [-0.39, 0.29) is 63.0 Å². The number of hydrogen-bond donors (Lipinski definition) is 0. The van der Waals surface area contributed by atoms with Gasteiger partial charge in [0.05, 0.1) is 13.2 Å². The predicted molar refractivity (Wildman–Crippen MR) is 283 cm³/mol. The molecule has 0 aliphatic rings. The molecule has 2 aromatic carbocycles. The summed E-state index contributed by atoms with van der Waals surface area (Å²) < 4.78 is 35.8. The van der Waals surface area contributed by atoms with E-state index in [9.17, 15) is 0 Å². The van der Waals surface area contributed by atoms with Crippen LogP contribution in [-0.4, -0.2) is 71.9 Å². The van der Waals surface area contributed by atoms with Crippen molar-refractivity contribution in [2.75, 3.05) is 13.7 Å². The number of benzene rings is 2. The van der Waals surface area contributed by atoms with E-state index in [2.05, 4.69) is 204 Å². The van der Waals surface area contributed by atoms with Gasteiger partial charge in [0.1, 0.15) is 0 Å². The summed E-state index contributed by atoms with van der Waals surface area (Å²) in [6, 6.07) is 19.2. The van der Waals surface area contributed by atoms with Crippen LogP contribution < -0.4 is 9.20 Å². The molecule has 8 atom stereocenters. The van der Waals surface area contributed by atoms with Crippen LogP contribution in [0.2, 0.25) is 59.7 Å². The van der Waals surface area contributed by atoms with Gasteiger partial charge < -0.3 is 13.6 Å². The Morgan fingerprint density at radius 1 is 0.651 bits per heavy atom. The monoisotopic (exact) mass is 989 g/mol. The average Bonchev–Trinajstić information content (AvgIpc) is 3.17. The summed E-state index contributed by atoms with van der Waals surface area (Å²) in [4.78, 5) is 0. The number of methoxy groups -OCH3 is 1. The third-order valence-electron chi connectivity index (χ3n) is 14.7. The molecule has 0 aliphatic heterocycles. The Hall–Kier alpha value is -1.27. The molecule has 0 aromatic heterocycles. The predicted octanol–water partition coefficient (Wildman–Crippen LogP) is 15.3. The molecule has 0 N–H and O–H groups in total. The molecule has 63 heavy (non-hydrogen) atoms. The maximum atomic E-state index is 7.58. The summed E-state index contributed by atoms with van der Waals surface area (Å²) in [7, 11) is -4.44. The first-order chi connectivity index (χ1) is 28.8. The fraction of sp³-hybridized carbons (Fsp3) is 0.704. The van der Waals surface area contributed by atoms with E-state index in [4.69, 9.17) is 22.8 Å². The third kappa shape index (κ3) is 18.4. The van der Waals surface area contributed by atoms with Crippen molar-refractivity contribution in [3.05, 3.63) is 84.0 Å². The van der Waals surface area contributed by atoms with Gasteiger partial charge in [-0.25, -0.2) is 0 Å². The van der Waals surface area contributed by atoms with E-state index in [1.165, 1.54) is 15.4 Å². The van der Waals surface area contributed by atoms with E-state index in [1.54, 1.807) is 7.11 Å². The molecule has 0 unspecified atom stereocenters. The van der Waals surface area contributed by atoms with Crippen LogP contribution in [0.4, 0.5) is 0 Å². The van der Waals surface area contributed by atoms with E-state index >= 15 is 0 Å². The van der Waals surface area contributed by atoms with Crippen molar-refractivity contribution in [3.63, 3.8) is 0 Å². The van der Waals surface area contributed by atoms with Crippen LogP contribution in [0, 0.1) is 29.6 Å². The molecular formula is C54H96O5SeSi3. The molecule has 0 radical (unpaired) electrons. The number of hydrogen-bond acceptors (Lipinski definition) is 5. The third-order valence-corrected chi connectivity index (χ3v) is 30.4. The van der Waals surface area contributed by atoms with Crippen LogP contribution in [-0.2, 0) is 24.6 Å². The van der Waals surface area contributed by atoms with Gasteiger partial charge in [-0.05, 0) is 42.2 Å². The first-order valence-electron chi connectivity index (χ1n) is 24.1. The number of ether oxygens (including phenoxy) is 2. The Morgan fingerprint density at radius 2 is 1.17 bits per heavy atom. The Balaban J connectivity index is 2.52. The van der Waals surface area contributed by atoms with Gasteiger partial charge >= 0.3 is 248 Å². The van der Waals surface area contributed by atoms with Gasteiger partial charge in [0.15, 0.2) is 16.6 Å². The maximum absolute atomic E-state index is 7.58. The molecule has 0 aliphatic carbocycles. The Bertz CT molecular complexity index is 1670. The zero-order valence-electron chi connectivity index (χ0n) is 44.5. The van der Waals surface area contributed by atoms with Crippen molar-refractivity contribution in [2.24, 2.45) is 29.6 Å². The SMILES string of the molecule is COc1ccc(CO[C@@H]([C@H](C)[C@@H](O[Si](C)(C)C(C)(C)C)[C@H](C)C/C(C)=C\[C@@H](C)[C@H](O[Si](C)(C)C(C)(C)C)[C@H](C)CO[Si](C)(C)C(C)(C)C)[C@H](C)/C=C\CC[Se]c2ccccc2)cc1. The van der Waals surface area contributed by atoms with Gasteiger partial charge in [0.2, 0.25) is 0 Å². The zero-order chi connectivity index (χ0) is 48.2. The topological polar surface area (TPSA) is 46.2 Å². The van der Waals surface area contributed by atoms with Crippen LogP contribution in [0.3, 0.4) is 0 Å². The molecule has 0 fully saturated rings. The molecule has 2 aromatic rings. The summed E-state index contributed by atoms with van der Waals surface area (Å²) in [6.07, 6.45) is 9.40. The molecule has 5 nitrogen and oxygen atoms in total. The van der Waals surface area contributed by atoms with E-state index in [0.29, 0.717) is 21.6 Å². The fourth-order valence-corrected chi connectivity index (χ4v) is 13.3. The molecule has 0 amide bonds. The first-order valence-corrected chi connectivity index (χ1v) is 34.9. The second kappa shape index (κ2) is 24.7. The second-order valence-electron chi connectivity index (χ2n) is 23.5. The molecule has 360 valence electrons. The first kappa shape index (κ1) is 57.9. The molecule has 0 saturated heterocycles. The average molecular weight is 989 g/mol. The number of allylic oxidation sites excluding steroid dienone is 2. The minimum atomic E-state index is -2.17. The van der Waals surface area contributed by atoms with E-state index in [1.807, 2.05) is 12.1 Å². The molecule has 2 rings (SSSR count). The van der Waals surface area contributed by atoms with E-state index < -0.39 is 25.0 Å². The standard InChI is InChI=1S/C54H96O5SeSi3/c1-40(36-42(3)49(58-62(19,20)53(10,11)12)44(5)38-57-61(17,18)52(7,8)9)37-43(4)51(59-63(21,22)54(13,14)15)45(6)50(56-39-46-31-33-47(55-16)34-32-46)41(2)28-26-27-35-60-48-29-24-23-25-30-48/h23-26,28-34,36,41-45,49-51H,27,35,37-39H2,1-22H3/b28-26-,40-36-/t41-,42-,43-,44-,45+,49+,50-,51+/m1/s1. The van der Waals surface area contributed by atoms with Crippen LogP contribution in [0.25, 0.3) is 0 Å². The summed E-state index contributed by atoms with van der Waals surface area (Å²) >= 11 is 0.472. The Morgan fingerprint density at radius 3 is 1.68 bits per heavy atom. The van der Waals surface area contributed by atoms with Gasteiger partial charge in [-0.15, -0.1) is 0 Å². The van der Waals surface area contributed by atoms with Gasteiger partial charge in [-0.3, -0.25) is 0 Å². The van der Waals surface area contributed by atoms with Crippen LogP contribution in [0.1, 0.15) is 122 Å². The van der Waals surface area contributed by atoms with Crippen molar-refractivity contribution in [1.29, 1.82) is 0 Å². The molecule has 0 spiro atoms. The molecule has 0 heterocycles. The van der Waals surface area contributed by atoms with E-state index in [0.717, 1.165) is 30.8 Å². The summed E-state index contributed by atoms with van der Waals surface area (Å²) in [5, 5.41) is 1.55. The summed E-state index contributed by atoms with van der Waals surface area (Å²) in [5.74, 6) is 1.98. The summed E-state index contributed by atoms with van der Waals surface area (Å²) in [5.41, 5.74) is 2.55. The van der Waals surface area contributed by atoms with Crippen molar-refractivity contribution in [3.8, 4) is 5.75 Å². The Kier molecular flexibility index (Phi) is 22.6. The van der Waals surface area contributed by atoms with Gasteiger partial charge in [0, 0.05) is 12.5 Å². The zero-order valence-corrected chi connectivity index (χ0v) is 49.2. The molecule has 9 heteroatoms. The van der Waals surface area contributed by atoms with Gasteiger partial charge in [0.25, 0.3) is 0 Å². The van der Waals surface area contributed by atoms with Crippen molar-refractivity contribution < 1.29 is 22.8 Å². The molecule has 0 saturated carbocycles. The van der Waals surface area contributed by atoms with Crippen LogP contribution in [0.15, 0.2) is 78.4 Å². The van der Waals surface area contributed by atoms with Crippen molar-refractivity contribution in [1.82, 2.24) is 0 Å². The van der Waals surface area contributed by atoms with Crippen molar-refractivity contribution in [2.45, 2.75) is 201 Å². The van der Waals surface area contributed by atoms with Crippen LogP contribution in [0.5, 0.6) is 5.75 Å².